The van der Waals surface area contributed by atoms with E-state index in [1.165, 1.54) is 7.11 Å². The van der Waals surface area contributed by atoms with Crippen LogP contribution in [0.4, 0.5) is 0 Å². The largest absolute Gasteiger partial charge is 0.465 e. The van der Waals surface area contributed by atoms with Gasteiger partial charge in [0.25, 0.3) is 5.91 Å². The van der Waals surface area contributed by atoms with Gasteiger partial charge in [-0.1, -0.05) is 35.9 Å². The van der Waals surface area contributed by atoms with E-state index in [9.17, 15) is 9.59 Å². The Morgan fingerprint density at radius 2 is 1.74 bits per heavy atom. The number of hydrogen-bond donors (Lipinski definition) is 0. The van der Waals surface area contributed by atoms with Gasteiger partial charge in [0.2, 0.25) is 0 Å². The number of carbonyl (C=O) groups excluding carboxylic acids is 2. The minimum Gasteiger partial charge on any atom is -0.465 e. The fourth-order valence-electron chi connectivity index (χ4n) is 2.66. The predicted molar refractivity (Wildman–Crippen MR) is 103 cm³/mol. The number of esters is 1. The van der Waals surface area contributed by atoms with Gasteiger partial charge in [-0.15, -0.1) is 0 Å². The lowest BCUT2D eigenvalue weighted by atomic mass is 10.1. The van der Waals surface area contributed by atoms with Crippen LogP contribution in [0.15, 0.2) is 65.1 Å². The lowest BCUT2D eigenvalue weighted by Crippen LogP contribution is -2.25. The van der Waals surface area contributed by atoms with Crippen molar-refractivity contribution in [1.29, 1.82) is 0 Å². The van der Waals surface area contributed by atoms with Gasteiger partial charge < -0.3 is 14.1 Å². The molecule has 0 aliphatic heterocycles. The Morgan fingerprint density at radius 3 is 2.41 bits per heavy atom. The van der Waals surface area contributed by atoms with E-state index in [1.807, 2.05) is 18.2 Å². The molecule has 138 valence electrons. The molecule has 0 fully saturated rings. The fraction of sp³-hybridized carbons (Fsp3) is 0.143. The number of halogens is 1. The number of methoxy groups -OCH3 is 1. The van der Waals surface area contributed by atoms with Gasteiger partial charge in [-0.05, 0) is 42.0 Å². The Morgan fingerprint density at radius 1 is 1.04 bits per heavy atom. The van der Waals surface area contributed by atoms with Crippen LogP contribution in [0.3, 0.4) is 0 Å². The number of hydrogen-bond acceptors (Lipinski definition) is 4. The summed E-state index contributed by atoms with van der Waals surface area (Å²) in [6, 6.07) is 17.6. The Labute approximate surface area is 162 Å². The first kappa shape index (κ1) is 18.7. The van der Waals surface area contributed by atoms with E-state index in [1.54, 1.807) is 54.4 Å². The van der Waals surface area contributed by atoms with E-state index in [2.05, 4.69) is 4.74 Å². The number of benzene rings is 2. The van der Waals surface area contributed by atoms with Crippen molar-refractivity contribution in [1.82, 2.24) is 4.90 Å². The van der Waals surface area contributed by atoms with Crippen LogP contribution < -0.4 is 0 Å². The van der Waals surface area contributed by atoms with Crippen molar-refractivity contribution in [3.8, 4) is 11.3 Å². The van der Waals surface area contributed by atoms with Gasteiger partial charge in [0, 0.05) is 19.2 Å². The molecule has 3 rings (SSSR count). The highest BCUT2D eigenvalue weighted by Crippen LogP contribution is 2.29. The highest BCUT2D eigenvalue weighted by Gasteiger charge is 2.18. The first-order valence-corrected chi connectivity index (χ1v) is 8.65. The average Bonchev–Trinajstić information content (AvgIpc) is 3.17. The van der Waals surface area contributed by atoms with Crippen LogP contribution in [0.5, 0.6) is 0 Å². The maximum absolute atomic E-state index is 12.6. The van der Waals surface area contributed by atoms with Crippen LogP contribution in [-0.4, -0.2) is 30.9 Å². The van der Waals surface area contributed by atoms with Gasteiger partial charge in [-0.3, -0.25) is 4.79 Å². The number of amides is 1. The van der Waals surface area contributed by atoms with Crippen molar-refractivity contribution in [2.75, 3.05) is 14.2 Å². The summed E-state index contributed by atoms with van der Waals surface area (Å²) in [5.74, 6) is 0.136. The smallest absolute Gasteiger partial charge is 0.337 e. The van der Waals surface area contributed by atoms with Gasteiger partial charge in [0.15, 0.2) is 5.76 Å². The highest BCUT2D eigenvalue weighted by atomic mass is 35.5. The molecule has 0 unspecified atom stereocenters. The van der Waals surface area contributed by atoms with Crippen LogP contribution in [0.25, 0.3) is 11.3 Å². The van der Waals surface area contributed by atoms with Crippen molar-refractivity contribution < 1.29 is 18.7 Å². The number of rotatable bonds is 5. The van der Waals surface area contributed by atoms with Gasteiger partial charge in [0.05, 0.1) is 17.7 Å². The molecule has 3 aromatic rings. The van der Waals surface area contributed by atoms with Crippen molar-refractivity contribution >= 4 is 23.5 Å². The van der Waals surface area contributed by atoms with E-state index in [-0.39, 0.29) is 11.7 Å². The number of nitrogens with zero attached hydrogens (tertiary/aromatic N) is 1. The molecule has 5 nitrogen and oxygen atoms in total. The van der Waals surface area contributed by atoms with Crippen LogP contribution in [0, 0.1) is 0 Å². The SMILES string of the molecule is COC(=O)c1ccc(CN(C)C(=O)c2ccc(-c3ccccc3Cl)o2)cc1. The molecule has 1 aromatic heterocycles. The number of furan rings is 1. The molecule has 1 amide bonds. The molecule has 0 aliphatic carbocycles. The summed E-state index contributed by atoms with van der Waals surface area (Å²) < 4.78 is 10.4. The molecule has 2 aromatic carbocycles. The zero-order chi connectivity index (χ0) is 19.4. The molecular weight excluding hydrogens is 366 g/mol. The minimum atomic E-state index is -0.395. The standard InChI is InChI=1S/C21H18ClNO4/c1-23(13-14-7-9-15(10-8-14)21(25)26-2)20(24)19-12-11-18(27-19)16-5-3-4-6-17(16)22/h3-12H,13H2,1-2H3. The highest BCUT2D eigenvalue weighted by molar-refractivity contribution is 6.33. The minimum absolute atomic E-state index is 0.235. The summed E-state index contributed by atoms with van der Waals surface area (Å²) in [4.78, 5) is 25.6. The maximum Gasteiger partial charge on any atom is 0.337 e. The molecule has 0 aliphatic rings. The summed E-state index contributed by atoms with van der Waals surface area (Å²) in [6.45, 7) is 0.377. The van der Waals surface area contributed by atoms with Crippen molar-refractivity contribution in [2.24, 2.45) is 0 Å². The molecule has 0 atom stereocenters. The van der Waals surface area contributed by atoms with Gasteiger partial charge in [0.1, 0.15) is 5.76 Å². The van der Waals surface area contributed by atoms with Gasteiger partial charge >= 0.3 is 5.97 Å². The molecule has 0 spiro atoms. The third kappa shape index (κ3) is 4.20. The second-order valence-corrected chi connectivity index (χ2v) is 6.40. The summed E-state index contributed by atoms with van der Waals surface area (Å²) >= 11 is 6.17. The Balaban J connectivity index is 1.71. The van der Waals surface area contributed by atoms with Crippen molar-refractivity contribution in [2.45, 2.75) is 6.54 Å². The molecular formula is C21H18ClNO4. The molecule has 0 bridgehead atoms. The lowest BCUT2D eigenvalue weighted by molar-refractivity contribution is 0.0600. The van der Waals surface area contributed by atoms with Crippen LogP contribution in [0.1, 0.15) is 26.5 Å². The third-order valence-corrected chi connectivity index (χ3v) is 4.43. The van der Waals surface area contributed by atoms with Crippen molar-refractivity contribution in [3.63, 3.8) is 0 Å². The topological polar surface area (TPSA) is 59.8 Å². The molecule has 0 saturated heterocycles. The quantitative estimate of drug-likeness (QED) is 0.601. The average molecular weight is 384 g/mol. The number of ether oxygens (including phenoxy) is 1. The van der Waals surface area contributed by atoms with E-state index in [0.29, 0.717) is 22.9 Å². The van der Waals surface area contributed by atoms with E-state index in [4.69, 9.17) is 16.0 Å². The van der Waals surface area contributed by atoms with Crippen LogP contribution >= 0.6 is 11.6 Å². The molecule has 27 heavy (non-hydrogen) atoms. The zero-order valence-electron chi connectivity index (χ0n) is 14.9. The Kier molecular flexibility index (Phi) is 5.62. The second-order valence-electron chi connectivity index (χ2n) is 5.99. The summed E-state index contributed by atoms with van der Waals surface area (Å²) in [5.41, 5.74) is 2.08. The van der Waals surface area contributed by atoms with Crippen molar-refractivity contribution in [3.05, 3.63) is 82.6 Å². The van der Waals surface area contributed by atoms with E-state index in [0.717, 1.165) is 11.1 Å². The van der Waals surface area contributed by atoms with E-state index < -0.39 is 5.97 Å². The van der Waals surface area contributed by atoms with Gasteiger partial charge in [-0.25, -0.2) is 4.79 Å². The molecule has 0 saturated carbocycles. The lowest BCUT2D eigenvalue weighted by Gasteiger charge is -2.16. The summed E-state index contributed by atoms with van der Waals surface area (Å²) in [6.07, 6.45) is 0. The second kappa shape index (κ2) is 8.10. The normalized spacial score (nSPS) is 10.5. The first-order chi connectivity index (χ1) is 13.0. The van der Waals surface area contributed by atoms with Gasteiger partial charge in [-0.2, -0.15) is 0 Å². The predicted octanol–water partition coefficient (Wildman–Crippen LogP) is 4.66. The Bertz CT molecular complexity index is 962. The zero-order valence-corrected chi connectivity index (χ0v) is 15.7. The summed E-state index contributed by atoms with van der Waals surface area (Å²) in [7, 11) is 3.02. The first-order valence-electron chi connectivity index (χ1n) is 8.27. The molecule has 6 heteroatoms. The van der Waals surface area contributed by atoms with Crippen LogP contribution in [0.2, 0.25) is 5.02 Å². The van der Waals surface area contributed by atoms with E-state index >= 15 is 0 Å². The monoisotopic (exact) mass is 383 g/mol. The molecule has 0 radical (unpaired) electrons. The summed E-state index contributed by atoms with van der Waals surface area (Å²) in [5, 5.41) is 0.560. The van der Waals surface area contributed by atoms with Crippen LogP contribution in [-0.2, 0) is 11.3 Å². The Hall–Kier alpha value is -3.05. The third-order valence-electron chi connectivity index (χ3n) is 4.10. The molecule has 0 N–H and O–H groups in total. The fourth-order valence-corrected chi connectivity index (χ4v) is 2.89. The number of carbonyl (C=O) groups is 2. The molecule has 1 heterocycles. The maximum atomic E-state index is 12.6.